The molecule has 1 atom stereocenters. The fraction of sp³-hybridized carbons (Fsp3) is 0.344. The van der Waals surface area contributed by atoms with Crippen LogP contribution in [0.3, 0.4) is 0 Å². The molecule has 3 N–H and O–H groups in total. The van der Waals surface area contributed by atoms with Gasteiger partial charge in [0.25, 0.3) is 5.56 Å². The summed E-state index contributed by atoms with van der Waals surface area (Å²) in [5, 5.41) is 0. The van der Waals surface area contributed by atoms with Crippen LogP contribution in [0.15, 0.2) is 70.3 Å². The number of aromatic amines is 1. The predicted octanol–water partition coefficient (Wildman–Crippen LogP) is 4.02. The molecule has 1 saturated heterocycles. The van der Waals surface area contributed by atoms with Gasteiger partial charge in [-0.2, -0.15) is 13.2 Å². The number of nitrogens with one attached hydrogen (secondary N) is 1. The number of carbonyl (C=O) groups excluding carboxylic acids is 1. The van der Waals surface area contributed by atoms with Crippen molar-refractivity contribution in [3.8, 4) is 5.88 Å². The van der Waals surface area contributed by atoms with Gasteiger partial charge in [0.2, 0.25) is 5.88 Å². The Balaban J connectivity index is 1.47. The van der Waals surface area contributed by atoms with Crippen LogP contribution in [0.4, 0.5) is 28.0 Å². The molecule has 1 fully saturated rings. The second-order valence-corrected chi connectivity index (χ2v) is 11.2. The van der Waals surface area contributed by atoms with Gasteiger partial charge >= 0.3 is 18.0 Å². The van der Waals surface area contributed by atoms with E-state index in [1.165, 1.54) is 14.0 Å². The van der Waals surface area contributed by atoms with Gasteiger partial charge in [-0.25, -0.2) is 14.0 Å². The van der Waals surface area contributed by atoms with Crippen molar-refractivity contribution in [1.29, 1.82) is 0 Å². The predicted molar refractivity (Wildman–Crippen MR) is 165 cm³/mol. The van der Waals surface area contributed by atoms with E-state index >= 15 is 0 Å². The first-order valence-corrected chi connectivity index (χ1v) is 14.8. The lowest BCUT2D eigenvalue weighted by Crippen LogP contribution is -2.51. The number of benzene rings is 2. The molecule has 0 bridgehead atoms. The number of halogens is 4. The quantitative estimate of drug-likeness (QED) is 0.204. The molecule has 0 radical (unpaired) electrons. The van der Waals surface area contributed by atoms with Crippen LogP contribution in [0.1, 0.15) is 34.1 Å². The third-order valence-corrected chi connectivity index (χ3v) is 8.17. The highest BCUT2D eigenvalue weighted by molar-refractivity contribution is 5.62. The number of rotatable bonds is 9. The minimum atomic E-state index is -4.87. The Morgan fingerprint density at radius 1 is 0.957 bits per heavy atom. The number of hydrogen-bond donors (Lipinski definition) is 2. The zero-order chi connectivity index (χ0) is 33.9. The maximum atomic E-state index is 14.9. The Morgan fingerprint density at radius 3 is 2.32 bits per heavy atom. The molecule has 5 rings (SSSR count). The van der Waals surface area contributed by atoms with Crippen LogP contribution in [0.2, 0.25) is 0 Å². The molecule has 47 heavy (non-hydrogen) atoms. The van der Waals surface area contributed by atoms with Gasteiger partial charge in [-0.15, -0.1) is 0 Å². The fourth-order valence-electron chi connectivity index (χ4n) is 5.71. The standard InChI is InChI=1S/C32H34F4N6O5/c1-20-28(40-15-13-39(14-16-40)17-22-11-12-27(38-22)47-31(45)46-2)29(43)42(19-26(37)21-7-4-3-5-8-21)30(44)41(20)18-23-24(32(34,35)36)9-6-10-25(23)33/h3-12,26,38H,13-19,37H2,1-2H3/t26-/m0/s1. The number of H-pyrrole nitrogens is 1. The number of hydrogen-bond acceptors (Lipinski definition) is 8. The van der Waals surface area contributed by atoms with Crippen LogP contribution in [-0.2, 0) is 30.5 Å². The van der Waals surface area contributed by atoms with Crippen molar-refractivity contribution in [3.63, 3.8) is 0 Å². The topological polar surface area (TPSA) is 128 Å². The molecule has 2 aromatic carbocycles. The number of anilines is 1. The molecule has 11 nitrogen and oxygen atoms in total. The summed E-state index contributed by atoms with van der Waals surface area (Å²) in [6.07, 6.45) is -5.73. The second-order valence-electron chi connectivity index (χ2n) is 11.2. The lowest BCUT2D eigenvalue weighted by molar-refractivity contribution is -0.138. The van der Waals surface area contributed by atoms with E-state index in [1.54, 1.807) is 47.4 Å². The van der Waals surface area contributed by atoms with Crippen LogP contribution in [0.25, 0.3) is 0 Å². The first-order valence-electron chi connectivity index (χ1n) is 14.8. The summed E-state index contributed by atoms with van der Waals surface area (Å²) in [4.78, 5) is 46.1. The van der Waals surface area contributed by atoms with Crippen molar-refractivity contribution in [2.24, 2.45) is 5.73 Å². The summed E-state index contributed by atoms with van der Waals surface area (Å²) in [5.41, 5.74) is 4.61. The van der Waals surface area contributed by atoms with Gasteiger partial charge in [0.1, 0.15) is 11.5 Å². The molecule has 0 unspecified atom stereocenters. The monoisotopic (exact) mass is 658 g/mol. The minimum absolute atomic E-state index is 0.114. The Hall–Kier alpha value is -4.89. The molecule has 0 aliphatic carbocycles. The number of ether oxygens (including phenoxy) is 2. The Labute approximate surface area is 266 Å². The normalized spacial score (nSPS) is 14.7. The number of nitrogens with two attached hydrogens (primary N) is 1. The summed E-state index contributed by atoms with van der Waals surface area (Å²) in [6, 6.07) is 14.0. The van der Waals surface area contributed by atoms with Gasteiger partial charge in [0, 0.05) is 61.8 Å². The number of nitrogens with zero attached hydrogens (tertiary/aromatic N) is 4. The maximum absolute atomic E-state index is 14.9. The summed E-state index contributed by atoms with van der Waals surface area (Å²) in [7, 11) is 1.20. The van der Waals surface area contributed by atoms with Gasteiger partial charge in [-0.1, -0.05) is 36.4 Å². The van der Waals surface area contributed by atoms with E-state index < -0.39 is 53.1 Å². The zero-order valence-electron chi connectivity index (χ0n) is 25.7. The van der Waals surface area contributed by atoms with E-state index in [4.69, 9.17) is 10.5 Å². The van der Waals surface area contributed by atoms with Crippen LogP contribution >= 0.6 is 0 Å². The molecule has 0 spiro atoms. The highest BCUT2D eigenvalue weighted by Gasteiger charge is 2.35. The van der Waals surface area contributed by atoms with Crippen molar-refractivity contribution in [2.75, 3.05) is 38.2 Å². The third-order valence-electron chi connectivity index (χ3n) is 8.17. The molecule has 4 aromatic rings. The average Bonchev–Trinajstić information content (AvgIpc) is 3.48. The largest absolute Gasteiger partial charge is 0.514 e. The van der Waals surface area contributed by atoms with Gasteiger partial charge in [-0.05, 0) is 30.7 Å². The average molecular weight is 659 g/mol. The van der Waals surface area contributed by atoms with Gasteiger partial charge in [0.05, 0.1) is 25.8 Å². The molecule has 0 amide bonds. The number of piperazine rings is 1. The Kier molecular flexibility index (Phi) is 9.86. The Bertz CT molecular complexity index is 1850. The molecule has 15 heteroatoms. The highest BCUT2D eigenvalue weighted by atomic mass is 19.4. The summed E-state index contributed by atoms with van der Waals surface area (Å²) >= 11 is 0. The van der Waals surface area contributed by atoms with Crippen LogP contribution in [0, 0.1) is 12.7 Å². The van der Waals surface area contributed by atoms with E-state index in [9.17, 15) is 31.9 Å². The third kappa shape index (κ3) is 7.41. The molecule has 0 saturated carbocycles. The Morgan fingerprint density at radius 2 is 1.66 bits per heavy atom. The number of methoxy groups -OCH3 is 1. The number of carbonyl (C=O) groups is 1. The van der Waals surface area contributed by atoms with Gasteiger partial charge < -0.3 is 25.1 Å². The summed E-state index contributed by atoms with van der Waals surface area (Å²) < 4.78 is 68.1. The van der Waals surface area contributed by atoms with Crippen molar-refractivity contribution >= 4 is 11.8 Å². The van der Waals surface area contributed by atoms with Crippen molar-refractivity contribution in [1.82, 2.24) is 19.0 Å². The van der Waals surface area contributed by atoms with E-state index in [1.807, 2.05) is 0 Å². The van der Waals surface area contributed by atoms with Crippen LogP contribution in [-0.4, -0.2) is 58.5 Å². The van der Waals surface area contributed by atoms with Crippen molar-refractivity contribution in [2.45, 2.75) is 38.8 Å². The first kappa shape index (κ1) is 33.5. The highest BCUT2D eigenvalue weighted by Crippen LogP contribution is 2.33. The maximum Gasteiger partial charge on any atom is 0.514 e. The molecule has 1 aliphatic heterocycles. The zero-order valence-corrected chi connectivity index (χ0v) is 25.7. The lowest BCUT2D eigenvalue weighted by Gasteiger charge is -2.36. The molecule has 1 aliphatic rings. The lowest BCUT2D eigenvalue weighted by atomic mass is 10.1. The number of aromatic nitrogens is 3. The molecule has 2 aromatic heterocycles. The second kappa shape index (κ2) is 13.8. The molecule has 3 heterocycles. The fourth-order valence-corrected chi connectivity index (χ4v) is 5.71. The van der Waals surface area contributed by atoms with E-state index in [-0.39, 0.29) is 23.8 Å². The molecular formula is C32H34F4N6O5. The first-order chi connectivity index (χ1) is 22.4. The van der Waals surface area contributed by atoms with E-state index in [0.29, 0.717) is 38.3 Å². The van der Waals surface area contributed by atoms with Gasteiger partial charge in [0.15, 0.2) is 0 Å². The SMILES string of the molecule is COC(=O)Oc1ccc(CN2CCN(c3c(C)n(Cc4c(F)cccc4C(F)(F)F)c(=O)n(C[C@H](N)c4ccccc4)c3=O)CC2)[nH]1. The molecule has 250 valence electrons. The molecular weight excluding hydrogens is 624 g/mol. The van der Waals surface area contributed by atoms with Crippen molar-refractivity contribution in [3.05, 3.63) is 115 Å². The van der Waals surface area contributed by atoms with Gasteiger partial charge in [-0.3, -0.25) is 18.8 Å². The minimum Gasteiger partial charge on any atom is -0.437 e. The summed E-state index contributed by atoms with van der Waals surface area (Å²) in [5.74, 6) is -0.898. The van der Waals surface area contributed by atoms with Crippen LogP contribution in [0.5, 0.6) is 5.88 Å². The summed E-state index contributed by atoms with van der Waals surface area (Å²) in [6.45, 7) is 2.61. The van der Waals surface area contributed by atoms with Crippen molar-refractivity contribution < 1.29 is 31.8 Å². The smallest absolute Gasteiger partial charge is 0.437 e. The van der Waals surface area contributed by atoms with E-state index in [2.05, 4.69) is 14.6 Å². The van der Waals surface area contributed by atoms with Crippen LogP contribution < -0.4 is 26.6 Å². The van der Waals surface area contributed by atoms with E-state index in [0.717, 1.165) is 33.0 Å². The number of alkyl halides is 3.